The first-order valence-corrected chi connectivity index (χ1v) is 7.53. The molecule has 0 amide bonds. The fourth-order valence-corrected chi connectivity index (χ4v) is 2.74. The summed E-state index contributed by atoms with van der Waals surface area (Å²) in [6, 6.07) is 0.672. The lowest BCUT2D eigenvalue weighted by Gasteiger charge is -2.39. The van der Waals surface area contributed by atoms with E-state index in [-0.39, 0.29) is 10.6 Å². The summed E-state index contributed by atoms with van der Waals surface area (Å²) in [4.78, 5) is 14.4. The van der Waals surface area contributed by atoms with E-state index in [1.807, 2.05) is 0 Å². The molecule has 1 fully saturated rings. The molecule has 0 radical (unpaired) electrons. The van der Waals surface area contributed by atoms with E-state index < -0.39 is 0 Å². The molecule has 2 unspecified atom stereocenters. The third-order valence-electron chi connectivity index (χ3n) is 3.58. The molecule has 0 aromatic carbocycles. The highest BCUT2D eigenvalue weighted by Crippen LogP contribution is 2.24. The molecule has 2 rings (SSSR count). The normalized spacial score (nSPS) is 23.4. The third kappa shape index (κ3) is 3.15. The molecular weight excluding hydrogens is 276 g/mol. The molecule has 0 saturated carbocycles. The van der Waals surface area contributed by atoms with E-state index in [9.17, 15) is 4.79 Å². The second-order valence-electron chi connectivity index (χ2n) is 6.04. The van der Waals surface area contributed by atoms with Crippen molar-refractivity contribution in [2.75, 3.05) is 18.0 Å². The van der Waals surface area contributed by atoms with Crippen LogP contribution in [0.4, 0.5) is 5.69 Å². The monoisotopic (exact) mass is 298 g/mol. The smallest absolute Gasteiger partial charge is 0.287 e. The van der Waals surface area contributed by atoms with Crippen LogP contribution in [0, 0.1) is 5.92 Å². The summed E-state index contributed by atoms with van der Waals surface area (Å²) in [5, 5.41) is 7.97. The summed E-state index contributed by atoms with van der Waals surface area (Å²) in [6.45, 7) is 10.6. The van der Waals surface area contributed by atoms with Gasteiger partial charge in [-0.1, -0.05) is 25.4 Å². The molecule has 5 nitrogen and oxygen atoms in total. The van der Waals surface area contributed by atoms with E-state index in [1.165, 1.54) is 4.68 Å². The first-order chi connectivity index (χ1) is 9.40. The molecular formula is C14H23ClN4O. The van der Waals surface area contributed by atoms with Gasteiger partial charge in [-0.3, -0.25) is 4.79 Å². The third-order valence-corrected chi connectivity index (χ3v) is 3.93. The molecule has 0 bridgehead atoms. The van der Waals surface area contributed by atoms with Gasteiger partial charge in [0.2, 0.25) is 0 Å². The molecule has 1 aliphatic heterocycles. The highest BCUT2D eigenvalue weighted by molar-refractivity contribution is 6.33. The number of rotatable bonds is 3. The van der Waals surface area contributed by atoms with Crippen LogP contribution in [0.1, 0.15) is 27.7 Å². The number of hydrogen-bond acceptors (Lipinski definition) is 4. The Hall–Kier alpha value is -1.07. The van der Waals surface area contributed by atoms with Gasteiger partial charge >= 0.3 is 0 Å². The molecule has 0 spiro atoms. The average Bonchev–Trinajstić information content (AvgIpc) is 2.38. The summed E-state index contributed by atoms with van der Waals surface area (Å²) < 4.78 is 1.45. The van der Waals surface area contributed by atoms with E-state index in [1.54, 1.807) is 6.20 Å². The maximum atomic E-state index is 12.3. The van der Waals surface area contributed by atoms with Crippen molar-refractivity contribution in [1.29, 1.82) is 0 Å². The molecule has 2 heterocycles. The largest absolute Gasteiger partial charge is 0.363 e. The van der Waals surface area contributed by atoms with Gasteiger partial charge in [0.25, 0.3) is 5.56 Å². The zero-order valence-corrected chi connectivity index (χ0v) is 13.3. The second-order valence-corrected chi connectivity index (χ2v) is 6.41. The standard InChI is InChI=1S/C14H23ClN4O/c1-9(2)7-19-14(20)13(15)12(6-17-19)18-8-10(3)16-5-11(18)4/h6,9-11,16H,5,7-8H2,1-4H3. The first-order valence-electron chi connectivity index (χ1n) is 7.15. The lowest BCUT2D eigenvalue weighted by Crippen LogP contribution is -2.55. The molecule has 1 aromatic rings. The van der Waals surface area contributed by atoms with Gasteiger partial charge in [-0.25, -0.2) is 4.68 Å². The molecule has 112 valence electrons. The van der Waals surface area contributed by atoms with Crippen molar-refractivity contribution in [2.45, 2.75) is 46.3 Å². The Labute approximate surface area is 124 Å². The summed E-state index contributed by atoms with van der Waals surface area (Å²) in [5.41, 5.74) is 0.550. The minimum absolute atomic E-state index is 0.198. The van der Waals surface area contributed by atoms with Gasteiger partial charge in [-0.05, 0) is 19.8 Å². The Morgan fingerprint density at radius 3 is 2.85 bits per heavy atom. The van der Waals surface area contributed by atoms with E-state index in [4.69, 9.17) is 11.6 Å². The minimum Gasteiger partial charge on any atom is -0.363 e. The van der Waals surface area contributed by atoms with Crippen LogP contribution >= 0.6 is 11.6 Å². The van der Waals surface area contributed by atoms with Gasteiger partial charge in [0.05, 0.1) is 11.9 Å². The lowest BCUT2D eigenvalue weighted by molar-refractivity contribution is 0.422. The number of aromatic nitrogens is 2. The van der Waals surface area contributed by atoms with Crippen LogP contribution in [0.2, 0.25) is 5.02 Å². The number of nitrogens with one attached hydrogen (secondary N) is 1. The van der Waals surface area contributed by atoms with E-state index in [0.717, 1.165) is 18.8 Å². The van der Waals surface area contributed by atoms with Crippen LogP contribution in [0.3, 0.4) is 0 Å². The zero-order chi connectivity index (χ0) is 14.9. The molecule has 2 atom stereocenters. The van der Waals surface area contributed by atoms with Crippen molar-refractivity contribution >= 4 is 17.3 Å². The van der Waals surface area contributed by atoms with E-state index >= 15 is 0 Å². The molecule has 20 heavy (non-hydrogen) atoms. The fourth-order valence-electron chi connectivity index (χ4n) is 2.49. The molecule has 1 saturated heterocycles. The molecule has 1 aromatic heterocycles. The first kappa shape index (κ1) is 15.3. The Kier molecular flexibility index (Phi) is 4.70. The maximum Gasteiger partial charge on any atom is 0.287 e. The summed E-state index contributed by atoms with van der Waals surface area (Å²) in [5.74, 6) is 0.361. The van der Waals surface area contributed by atoms with Crippen LogP contribution in [0.25, 0.3) is 0 Å². The van der Waals surface area contributed by atoms with Crippen molar-refractivity contribution in [3.63, 3.8) is 0 Å². The van der Waals surface area contributed by atoms with Gasteiger partial charge in [-0.2, -0.15) is 5.10 Å². The van der Waals surface area contributed by atoms with Crippen molar-refractivity contribution in [2.24, 2.45) is 5.92 Å². The number of anilines is 1. The van der Waals surface area contributed by atoms with Crippen molar-refractivity contribution in [3.05, 3.63) is 21.6 Å². The summed E-state index contributed by atoms with van der Waals surface area (Å²) >= 11 is 6.29. The molecule has 1 N–H and O–H groups in total. The van der Waals surface area contributed by atoms with E-state index in [2.05, 4.69) is 43.0 Å². The van der Waals surface area contributed by atoms with Crippen molar-refractivity contribution in [3.8, 4) is 0 Å². The molecule has 0 aliphatic carbocycles. The quantitative estimate of drug-likeness (QED) is 0.923. The lowest BCUT2D eigenvalue weighted by atomic mass is 10.1. The highest BCUT2D eigenvalue weighted by atomic mass is 35.5. The van der Waals surface area contributed by atoms with Gasteiger partial charge in [0.1, 0.15) is 5.02 Å². The maximum absolute atomic E-state index is 12.3. The zero-order valence-electron chi connectivity index (χ0n) is 12.6. The molecule has 6 heteroatoms. The highest BCUT2D eigenvalue weighted by Gasteiger charge is 2.25. The number of nitrogens with zero attached hydrogens (tertiary/aromatic N) is 3. The Morgan fingerprint density at radius 2 is 2.20 bits per heavy atom. The van der Waals surface area contributed by atoms with Gasteiger partial charge in [0, 0.05) is 31.7 Å². The Morgan fingerprint density at radius 1 is 1.50 bits per heavy atom. The summed E-state index contributed by atoms with van der Waals surface area (Å²) in [6.07, 6.45) is 1.72. The van der Waals surface area contributed by atoms with Crippen LogP contribution in [0.5, 0.6) is 0 Å². The Balaban J connectivity index is 2.33. The van der Waals surface area contributed by atoms with Gasteiger partial charge in [0.15, 0.2) is 0 Å². The Bertz CT molecular complexity index is 528. The fraction of sp³-hybridized carbons (Fsp3) is 0.714. The predicted octanol–water partition coefficient (Wildman–Crippen LogP) is 1.74. The number of hydrogen-bond donors (Lipinski definition) is 1. The van der Waals surface area contributed by atoms with Crippen molar-refractivity contribution < 1.29 is 0 Å². The number of halogens is 1. The van der Waals surface area contributed by atoms with Gasteiger partial charge < -0.3 is 10.2 Å². The predicted molar refractivity (Wildman–Crippen MR) is 82.6 cm³/mol. The number of piperazine rings is 1. The van der Waals surface area contributed by atoms with Crippen molar-refractivity contribution in [1.82, 2.24) is 15.1 Å². The summed E-state index contributed by atoms with van der Waals surface area (Å²) in [7, 11) is 0. The van der Waals surface area contributed by atoms with Crippen LogP contribution in [-0.2, 0) is 6.54 Å². The van der Waals surface area contributed by atoms with Gasteiger partial charge in [-0.15, -0.1) is 0 Å². The molecule has 1 aliphatic rings. The average molecular weight is 299 g/mol. The minimum atomic E-state index is -0.198. The SMILES string of the molecule is CC(C)Cn1ncc(N2CC(C)NCC2C)c(Cl)c1=O. The van der Waals surface area contributed by atoms with Crippen LogP contribution in [-0.4, -0.2) is 35.0 Å². The topological polar surface area (TPSA) is 50.2 Å². The van der Waals surface area contributed by atoms with E-state index in [0.29, 0.717) is 24.5 Å². The van der Waals surface area contributed by atoms with Crippen LogP contribution < -0.4 is 15.8 Å². The van der Waals surface area contributed by atoms with Crippen LogP contribution in [0.15, 0.2) is 11.0 Å². The second kappa shape index (κ2) is 6.14.